The maximum atomic E-state index is 13.8. The number of rotatable bonds is 7. The summed E-state index contributed by atoms with van der Waals surface area (Å²) in [5, 5.41) is 5.86. The first-order valence-corrected chi connectivity index (χ1v) is 9.20. The average molecular weight is 472 g/mol. The first kappa shape index (κ1) is 25.2. The van der Waals surface area contributed by atoms with Gasteiger partial charge in [-0.3, -0.25) is 9.59 Å². The van der Waals surface area contributed by atoms with E-state index in [4.69, 9.17) is 5.84 Å². The van der Waals surface area contributed by atoms with E-state index < -0.39 is 64.8 Å². The number of hydrazone groups is 1. The van der Waals surface area contributed by atoms with Crippen LogP contribution in [0.5, 0.6) is 0 Å². The van der Waals surface area contributed by atoms with E-state index in [9.17, 15) is 36.3 Å². The highest BCUT2D eigenvalue weighted by atomic mass is 19.2. The molecule has 1 atom stereocenters. The van der Waals surface area contributed by atoms with Crippen LogP contribution in [0.2, 0.25) is 0 Å². The van der Waals surface area contributed by atoms with Crippen molar-refractivity contribution in [2.75, 3.05) is 5.32 Å². The maximum absolute atomic E-state index is 13.8. The Morgan fingerprint density at radius 3 is 2.00 bits per heavy atom. The summed E-state index contributed by atoms with van der Waals surface area (Å²) in [4.78, 5) is 39.9. The number of nitrogens with zero attached hydrogens (tertiary/aromatic N) is 1. The Labute approximate surface area is 183 Å². The van der Waals surface area contributed by atoms with Crippen molar-refractivity contribution in [1.82, 2.24) is 5.48 Å². The van der Waals surface area contributed by atoms with Crippen LogP contribution >= 0.6 is 0 Å². The molecule has 0 saturated heterocycles. The van der Waals surface area contributed by atoms with Gasteiger partial charge in [0.25, 0.3) is 5.91 Å². The van der Waals surface area contributed by atoms with E-state index in [0.29, 0.717) is 11.3 Å². The van der Waals surface area contributed by atoms with E-state index in [-0.39, 0.29) is 6.42 Å². The number of anilines is 1. The van der Waals surface area contributed by atoms with Gasteiger partial charge in [0.15, 0.2) is 23.3 Å². The molecular formula is C20H17F5N4O4. The van der Waals surface area contributed by atoms with E-state index in [0.717, 1.165) is 6.92 Å². The van der Waals surface area contributed by atoms with Crippen LogP contribution in [-0.2, 0) is 19.2 Å². The predicted octanol–water partition coefficient (Wildman–Crippen LogP) is 2.77. The number of hydroxylamine groups is 1. The van der Waals surface area contributed by atoms with Crippen LogP contribution in [0.25, 0.3) is 0 Å². The minimum absolute atomic E-state index is 0.317. The number of nitrogens with one attached hydrogen (secondary N) is 2. The van der Waals surface area contributed by atoms with Gasteiger partial charge in [-0.05, 0) is 24.6 Å². The van der Waals surface area contributed by atoms with Crippen LogP contribution in [0.3, 0.4) is 0 Å². The smallest absolute Gasteiger partial charge is 0.339 e. The number of hydrogen-bond acceptors (Lipinski definition) is 6. The molecule has 8 nitrogen and oxygen atoms in total. The monoisotopic (exact) mass is 472 g/mol. The second kappa shape index (κ2) is 11.0. The minimum Gasteiger partial charge on any atom is -0.340 e. The molecule has 2 amide bonds. The fourth-order valence-electron chi connectivity index (χ4n) is 2.56. The van der Waals surface area contributed by atoms with Crippen molar-refractivity contribution in [3.8, 4) is 0 Å². The zero-order chi connectivity index (χ0) is 24.7. The van der Waals surface area contributed by atoms with E-state index in [1.165, 1.54) is 6.21 Å². The lowest BCUT2D eigenvalue weighted by Crippen LogP contribution is -2.30. The normalized spacial score (nSPS) is 11.8. The highest BCUT2D eigenvalue weighted by Crippen LogP contribution is 2.29. The molecule has 0 spiro atoms. The standard InChI is InChI=1S/C20H17F5N4O4/c1-9(14-15(21)17(23)19(25)18(24)16(14)22)20(32)33-29-13(31)7-6-12(30)28-11-4-2-10(3-5-11)8-27-26/h2-5,8-9H,6-7,26H2,1H3,(H,28,30)(H,29,31). The zero-order valence-electron chi connectivity index (χ0n) is 16.9. The van der Waals surface area contributed by atoms with Crippen molar-refractivity contribution >= 4 is 29.7 Å². The highest BCUT2D eigenvalue weighted by molar-refractivity contribution is 5.93. The highest BCUT2D eigenvalue weighted by Gasteiger charge is 2.32. The van der Waals surface area contributed by atoms with Gasteiger partial charge in [0, 0.05) is 24.1 Å². The average Bonchev–Trinajstić information content (AvgIpc) is 2.80. The molecule has 33 heavy (non-hydrogen) atoms. The number of amides is 2. The molecule has 0 aromatic heterocycles. The molecule has 0 aliphatic heterocycles. The van der Waals surface area contributed by atoms with Crippen LogP contribution < -0.4 is 16.6 Å². The number of carbonyl (C=O) groups is 3. The van der Waals surface area contributed by atoms with Gasteiger partial charge in [0.1, 0.15) is 0 Å². The van der Waals surface area contributed by atoms with Crippen molar-refractivity contribution in [1.29, 1.82) is 0 Å². The van der Waals surface area contributed by atoms with Crippen LogP contribution in [0.15, 0.2) is 29.4 Å². The molecule has 0 bridgehead atoms. The van der Waals surface area contributed by atoms with E-state index >= 15 is 0 Å². The molecule has 0 heterocycles. The first-order valence-electron chi connectivity index (χ1n) is 9.20. The lowest BCUT2D eigenvalue weighted by molar-refractivity contribution is -0.159. The number of benzene rings is 2. The summed E-state index contributed by atoms with van der Waals surface area (Å²) in [6.45, 7) is 0.824. The first-order chi connectivity index (χ1) is 15.6. The number of nitrogens with two attached hydrogens (primary N) is 1. The number of halogens is 5. The summed E-state index contributed by atoms with van der Waals surface area (Å²) in [7, 11) is 0. The van der Waals surface area contributed by atoms with Crippen LogP contribution in [0, 0.1) is 29.1 Å². The van der Waals surface area contributed by atoms with Crippen LogP contribution in [0.1, 0.15) is 36.8 Å². The van der Waals surface area contributed by atoms with Crippen molar-refractivity contribution in [2.45, 2.75) is 25.7 Å². The Kier molecular flexibility index (Phi) is 8.42. The molecule has 1 unspecified atom stereocenters. The summed E-state index contributed by atoms with van der Waals surface area (Å²) in [5.41, 5.74) is 1.36. The molecule has 0 fully saturated rings. The topological polar surface area (TPSA) is 123 Å². The third-order valence-corrected chi connectivity index (χ3v) is 4.29. The number of carbonyl (C=O) groups excluding carboxylic acids is 3. The Morgan fingerprint density at radius 2 is 1.45 bits per heavy atom. The zero-order valence-corrected chi connectivity index (χ0v) is 16.9. The summed E-state index contributed by atoms with van der Waals surface area (Å²) in [6.07, 6.45) is 0.639. The minimum atomic E-state index is -2.37. The van der Waals surface area contributed by atoms with Crippen LogP contribution in [0.4, 0.5) is 27.6 Å². The Morgan fingerprint density at radius 1 is 0.939 bits per heavy atom. The predicted molar refractivity (Wildman–Crippen MR) is 105 cm³/mol. The van der Waals surface area contributed by atoms with Gasteiger partial charge in [-0.15, -0.1) is 0 Å². The van der Waals surface area contributed by atoms with Gasteiger partial charge in [-0.25, -0.2) is 26.7 Å². The van der Waals surface area contributed by atoms with Gasteiger partial charge in [-0.1, -0.05) is 12.1 Å². The lowest BCUT2D eigenvalue weighted by atomic mass is 9.99. The number of hydrogen-bond donors (Lipinski definition) is 3. The lowest BCUT2D eigenvalue weighted by Gasteiger charge is -2.14. The molecule has 0 radical (unpaired) electrons. The van der Waals surface area contributed by atoms with Gasteiger partial charge < -0.3 is 16.0 Å². The third kappa shape index (κ3) is 6.24. The van der Waals surface area contributed by atoms with E-state index in [2.05, 4.69) is 15.3 Å². The van der Waals surface area contributed by atoms with E-state index in [1.807, 2.05) is 0 Å². The quantitative estimate of drug-likeness (QED) is 0.143. The van der Waals surface area contributed by atoms with Crippen molar-refractivity contribution in [3.05, 3.63) is 64.5 Å². The van der Waals surface area contributed by atoms with Crippen molar-refractivity contribution in [3.63, 3.8) is 0 Å². The molecular weight excluding hydrogens is 455 g/mol. The summed E-state index contributed by atoms with van der Waals surface area (Å²) in [6, 6.07) is 6.39. The molecule has 0 saturated carbocycles. The van der Waals surface area contributed by atoms with E-state index in [1.54, 1.807) is 29.7 Å². The molecule has 176 valence electrons. The SMILES string of the molecule is CC(C(=O)ONC(=O)CCC(=O)Nc1ccc(C=NN)cc1)c1c(F)c(F)c(F)c(F)c1F. The van der Waals surface area contributed by atoms with Gasteiger partial charge in [0.05, 0.1) is 12.1 Å². The Hall–Kier alpha value is -4.03. The summed E-state index contributed by atoms with van der Waals surface area (Å²) in [5.74, 6) is -11.1. The molecule has 0 aliphatic carbocycles. The molecule has 2 rings (SSSR count). The molecule has 0 aliphatic rings. The largest absolute Gasteiger partial charge is 0.340 e. The summed E-state index contributed by atoms with van der Waals surface area (Å²) >= 11 is 0. The maximum Gasteiger partial charge on any atom is 0.339 e. The van der Waals surface area contributed by atoms with Gasteiger partial charge in [0.2, 0.25) is 11.7 Å². The van der Waals surface area contributed by atoms with Crippen molar-refractivity contribution < 1.29 is 41.2 Å². The Bertz CT molecular complexity index is 1060. The Balaban J connectivity index is 1.87. The third-order valence-electron chi connectivity index (χ3n) is 4.29. The van der Waals surface area contributed by atoms with Gasteiger partial charge in [-0.2, -0.15) is 10.6 Å². The summed E-state index contributed by atoms with van der Waals surface area (Å²) < 4.78 is 67.3. The van der Waals surface area contributed by atoms with Gasteiger partial charge >= 0.3 is 5.97 Å². The molecule has 2 aromatic carbocycles. The second-order valence-electron chi connectivity index (χ2n) is 6.60. The fraction of sp³-hybridized carbons (Fsp3) is 0.200. The van der Waals surface area contributed by atoms with Crippen molar-refractivity contribution in [2.24, 2.45) is 10.9 Å². The molecule has 4 N–H and O–H groups in total. The van der Waals surface area contributed by atoms with Crippen LogP contribution in [-0.4, -0.2) is 24.0 Å². The second-order valence-corrected chi connectivity index (χ2v) is 6.60. The molecule has 13 heteroatoms. The fourth-order valence-corrected chi connectivity index (χ4v) is 2.56. The molecule has 2 aromatic rings.